The highest BCUT2D eigenvalue weighted by Crippen LogP contribution is 2.18. The molecule has 0 unspecified atom stereocenters. The number of carbonyl (C=O) groups excluding carboxylic acids is 2. The molecule has 0 bridgehead atoms. The van der Waals surface area contributed by atoms with Crippen LogP contribution in [-0.2, 0) is 4.79 Å². The van der Waals surface area contributed by atoms with Crippen molar-refractivity contribution in [2.24, 2.45) is 5.92 Å². The molecule has 22 heavy (non-hydrogen) atoms. The van der Waals surface area contributed by atoms with Gasteiger partial charge in [-0.2, -0.15) is 0 Å². The lowest BCUT2D eigenvalue weighted by Gasteiger charge is -2.35. The number of hydrogen-bond acceptors (Lipinski definition) is 2. The highest BCUT2D eigenvalue weighted by Gasteiger charge is 2.26. The van der Waals surface area contributed by atoms with Gasteiger partial charge in [0.25, 0.3) is 5.91 Å². The van der Waals surface area contributed by atoms with Crippen molar-refractivity contribution in [1.82, 2.24) is 9.80 Å². The molecule has 120 valence electrons. The van der Waals surface area contributed by atoms with Crippen molar-refractivity contribution >= 4 is 23.4 Å². The third-order valence-electron chi connectivity index (χ3n) is 3.66. The summed E-state index contributed by atoms with van der Waals surface area (Å²) >= 11 is 5.82. The molecule has 0 aromatic heterocycles. The van der Waals surface area contributed by atoms with E-state index in [4.69, 9.17) is 11.6 Å². The van der Waals surface area contributed by atoms with E-state index in [-0.39, 0.29) is 17.4 Å². The molecular formula is C16H20ClFN2O2. The minimum atomic E-state index is -0.576. The van der Waals surface area contributed by atoms with E-state index in [1.165, 1.54) is 18.2 Å². The maximum Gasteiger partial charge on any atom is 0.257 e. The average molecular weight is 327 g/mol. The molecule has 1 aliphatic rings. The minimum absolute atomic E-state index is 0.0190. The number of piperazine rings is 1. The van der Waals surface area contributed by atoms with E-state index in [2.05, 4.69) is 0 Å². The largest absolute Gasteiger partial charge is 0.339 e. The first-order chi connectivity index (χ1) is 10.4. The third-order valence-corrected chi connectivity index (χ3v) is 3.90. The SMILES string of the molecule is CC(C)CC(=O)N1CCN(C(=O)c2cc(Cl)ccc2F)CC1. The van der Waals surface area contributed by atoms with Crippen molar-refractivity contribution in [2.75, 3.05) is 26.2 Å². The Balaban J connectivity index is 1.98. The van der Waals surface area contributed by atoms with Crippen molar-refractivity contribution in [3.8, 4) is 0 Å². The van der Waals surface area contributed by atoms with Crippen LogP contribution >= 0.6 is 11.6 Å². The molecule has 0 spiro atoms. The molecular weight excluding hydrogens is 307 g/mol. The lowest BCUT2D eigenvalue weighted by molar-refractivity contribution is -0.133. The summed E-state index contributed by atoms with van der Waals surface area (Å²) in [5, 5.41) is 0.329. The summed E-state index contributed by atoms with van der Waals surface area (Å²) in [6.45, 7) is 5.79. The van der Waals surface area contributed by atoms with Gasteiger partial charge in [0.1, 0.15) is 5.82 Å². The van der Waals surface area contributed by atoms with Crippen LogP contribution in [-0.4, -0.2) is 47.8 Å². The van der Waals surface area contributed by atoms with Crippen molar-refractivity contribution in [3.05, 3.63) is 34.6 Å². The van der Waals surface area contributed by atoms with Crippen LogP contribution in [0, 0.1) is 11.7 Å². The summed E-state index contributed by atoms with van der Waals surface area (Å²) in [4.78, 5) is 27.7. The predicted molar refractivity (Wildman–Crippen MR) is 83.3 cm³/mol. The molecule has 0 radical (unpaired) electrons. The smallest absolute Gasteiger partial charge is 0.257 e. The highest BCUT2D eigenvalue weighted by atomic mass is 35.5. The summed E-state index contributed by atoms with van der Waals surface area (Å²) in [6, 6.07) is 3.95. The van der Waals surface area contributed by atoms with Gasteiger partial charge in [0.15, 0.2) is 0 Å². The van der Waals surface area contributed by atoms with Gasteiger partial charge in [-0.3, -0.25) is 9.59 Å². The van der Waals surface area contributed by atoms with E-state index in [9.17, 15) is 14.0 Å². The van der Waals surface area contributed by atoms with Crippen LogP contribution in [0.4, 0.5) is 4.39 Å². The van der Waals surface area contributed by atoms with Crippen molar-refractivity contribution < 1.29 is 14.0 Å². The van der Waals surface area contributed by atoms with Crippen LogP contribution in [0.25, 0.3) is 0 Å². The van der Waals surface area contributed by atoms with Gasteiger partial charge in [0.2, 0.25) is 5.91 Å². The quantitative estimate of drug-likeness (QED) is 0.857. The molecule has 1 aromatic carbocycles. The fourth-order valence-corrected chi connectivity index (χ4v) is 2.64. The number of rotatable bonds is 3. The lowest BCUT2D eigenvalue weighted by Crippen LogP contribution is -2.50. The normalized spacial score (nSPS) is 15.3. The van der Waals surface area contributed by atoms with Gasteiger partial charge in [0, 0.05) is 37.6 Å². The molecule has 2 amide bonds. The molecule has 0 N–H and O–H groups in total. The van der Waals surface area contributed by atoms with Crippen molar-refractivity contribution in [3.63, 3.8) is 0 Å². The number of halogens is 2. The molecule has 0 aliphatic carbocycles. The molecule has 0 saturated carbocycles. The first-order valence-electron chi connectivity index (χ1n) is 7.40. The Morgan fingerprint density at radius 3 is 2.36 bits per heavy atom. The molecule has 4 nitrogen and oxygen atoms in total. The summed E-state index contributed by atoms with van der Waals surface area (Å²) in [6.07, 6.45) is 0.511. The first-order valence-corrected chi connectivity index (χ1v) is 7.78. The Morgan fingerprint density at radius 1 is 1.18 bits per heavy atom. The second kappa shape index (κ2) is 7.09. The van der Waals surface area contributed by atoms with Gasteiger partial charge in [-0.1, -0.05) is 25.4 Å². The molecule has 1 saturated heterocycles. The molecule has 0 atom stereocenters. The number of nitrogens with zero attached hydrogens (tertiary/aromatic N) is 2. The fraction of sp³-hybridized carbons (Fsp3) is 0.500. The zero-order chi connectivity index (χ0) is 16.3. The lowest BCUT2D eigenvalue weighted by atomic mass is 10.1. The monoisotopic (exact) mass is 326 g/mol. The van der Waals surface area contributed by atoms with Gasteiger partial charge >= 0.3 is 0 Å². The van der Waals surface area contributed by atoms with E-state index in [1.807, 2.05) is 13.8 Å². The minimum Gasteiger partial charge on any atom is -0.339 e. The topological polar surface area (TPSA) is 40.6 Å². The van der Waals surface area contributed by atoms with Gasteiger partial charge in [-0.15, -0.1) is 0 Å². The summed E-state index contributed by atoms with van der Waals surface area (Å²) in [7, 11) is 0. The third kappa shape index (κ3) is 3.97. The second-order valence-corrected chi connectivity index (χ2v) is 6.33. The van der Waals surface area contributed by atoms with E-state index in [0.29, 0.717) is 43.5 Å². The van der Waals surface area contributed by atoms with Crippen LogP contribution in [0.15, 0.2) is 18.2 Å². The van der Waals surface area contributed by atoms with Crippen LogP contribution in [0.1, 0.15) is 30.6 Å². The van der Waals surface area contributed by atoms with Crippen LogP contribution in [0.3, 0.4) is 0 Å². The predicted octanol–water partition coefficient (Wildman–Crippen LogP) is 2.81. The number of benzene rings is 1. The summed E-state index contributed by atoms with van der Waals surface area (Å²) < 4.78 is 13.8. The Kier molecular flexibility index (Phi) is 5.40. The number of hydrogen-bond donors (Lipinski definition) is 0. The zero-order valence-corrected chi connectivity index (χ0v) is 13.6. The number of amides is 2. The maximum atomic E-state index is 13.8. The zero-order valence-electron chi connectivity index (χ0n) is 12.8. The van der Waals surface area contributed by atoms with Crippen molar-refractivity contribution in [1.29, 1.82) is 0 Å². The summed E-state index contributed by atoms with van der Waals surface area (Å²) in [5.41, 5.74) is -0.0190. The van der Waals surface area contributed by atoms with Gasteiger partial charge in [-0.25, -0.2) is 4.39 Å². The van der Waals surface area contributed by atoms with E-state index in [0.717, 1.165) is 0 Å². The highest BCUT2D eigenvalue weighted by molar-refractivity contribution is 6.31. The van der Waals surface area contributed by atoms with Gasteiger partial charge in [-0.05, 0) is 24.1 Å². The fourth-order valence-electron chi connectivity index (χ4n) is 2.47. The van der Waals surface area contributed by atoms with E-state index in [1.54, 1.807) is 9.80 Å². The molecule has 1 heterocycles. The van der Waals surface area contributed by atoms with E-state index < -0.39 is 5.82 Å². The van der Waals surface area contributed by atoms with E-state index >= 15 is 0 Å². The maximum absolute atomic E-state index is 13.8. The van der Waals surface area contributed by atoms with Crippen LogP contribution in [0.5, 0.6) is 0 Å². The first kappa shape index (κ1) is 16.7. The van der Waals surface area contributed by atoms with Gasteiger partial charge < -0.3 is 9.80 Å². The second-order valence-electron chi connectivity index (χ2n) is 5.90. The van der Waals surface area contributed by atoms with Crippen LogP contribution < -0.4 is 0 Å². The molecule has 2 rings (SSSR count). The van der Waals surface area contributed by atoms with Crippen molar-refractivity contribution in [2.45, 2.75) is 20.3 Å². The average Bonchev–Trinajstić information content (AvgIpc) is 2.48. The molecule has 1 fully saturated rings. The molecule has 6 heteroatoms. The summed E-state index contributed by atoms with van der Waals surface area (Å²) in [5.74, 6) is -0.535. The van der Waals surface area contributed by atoms with Crippen LogP contribution in [0.2, 0.25) is 5.02 Å². The molecule has 1 aromatic rings. The van der Waals surface area contributed by atoms with Gasteiger partial charge in [0.05, 0.1) is 5.56 Å². The standard InChI is InChI=1S/C16H20ClFN2O2/c1-11(2)9-15(21)19-5-7-20(8-6-19)16(22)13-10-12(17)3-4-14(13)18/h3-4,10-11H,5-9H2,1-2H3. The number of carbonyl (C=O) groups is 2. The molecule has 1 aliphatic heterocycles. The Hall–Kier alpha value is -1.62. The Morgan fingerprint density at radius 2 is 1.77 bits per heavy atom. The Bertz CT molecular complexity index is 569. The Labute approximate surface area is 134 Å².